The lowest BCUT2D eigenvalue weighted by Gasteiger charge is -2.16. The van der Waals surface area contributed by atoms with Gasteiger partial charge in [-0.15, -0.1) is 0 Å². The molecule has 0 spiro atoms. The molecule has 2 heterocycles. The second-order valence-electron chi connectivity index (χ2n) is 8.26. The van der Waals surface area contributed by atoms with E-state index in [1.807, 2.05) is 55.5 Å². The van der Waals surface area contributed by atoms with Gasteiger partial charge >= 0.3 is 0 Å². The van der Waals surface area contributed by atoms with Gasteiger partial charge in [-0.1, -0.05) is 42.5 Å². The summed E-state index contributed by atoms with van der Waals surface area (Å²) in [7, 11) is 0. The minimum atomic E-state index is -0.559. The predicted molar refractivity (Wildman–Crippen MR) is 122 cm³/mol. The Morgan fingerprint density at radius 3 is 2.81 bits per heavy atom. The highest BCUT2D eigenvalue weighted by Crippen LogP contribution is 2.36. The summed E-state index contributed by atoms with van der Waals surface area (Å²) >= 11 is 0. The molecule has 0 bridgehead atoms. The number of ketones is 1. The number of imidazole rings is 1. The molecule has 6 heteroatoms. The average molecular weight is 425 g/mol. The van der Waals surface area contributed by atoms with Crippen LogP contribution in [0, 0.1) is 6.92 Å². The maximum atomic E-state index is 13.1. The van der Waals surface area contributed by atoms with Crippen LogP contribution in [0.2, 0.25) is 0 Å². The minimum absolute atomic E-state index is 0.0592. The Morgan fingerprint density at radius 2 is 1.94 bits per heavy atom. The number of hydrogen-bond acceptors (Lipinski definition) is 4. The number of aliphatic hydroxyl groups is 1. The fourth-order valence-corrected chi connectivity index (χ4v) is 4.44. The number of anilines is 1. The van der Waals surface area contributed by atoms with E-state index < -0.39 is 6.10 Å². The first-order chi connectivity index (χ1) is 15.5. The van der Waals surface area contributed by atoms with E-state index in [0.717, 1.165) is 16.7 Å². The first kappa shape index (κ1) is 20.2. The fraction of sp³-hybridized carbons (Fsp3) is 0.192. The first-order valence-electron chi connectivity index (χ1n) is 10.6. The van der Waals surface area contributed by atoms with Crippen LogP contribution >= 0.6 is 0 Å². The van der Waals surface area contributed by atoms with E-state index in [-0.39, 0.29) is 24.0 Å². The number of carbonyl (C=O) groups is 2. The van der Waals surface area contributed by atoms with Crippen LogP contribution in [-0.2, 0) is 6.42 Å². The van der Waals surface area contributed by atoms with Crippen LogP contribution in [0.25, 0.3) is 5.65 Å². The molecule has 5 rings (SSSR count). The number of aromatic nitrogens is 2. The standard InChI is InChI=1S/C26H23N3O3/c1-16-9-10-18(23(30)14-20-19-7-3-2-6-17(19)13-24(20)31)12-21(16)28-26(32)22-15-27-25-8-4-5-11-29(22)25/h2-12,15,20,24,31H,13-14H2,1H3,(H,28,32)/t20-,24+/m1/s1. The summed E-state index contributed by atoms with van der Waals surface area (Å²) in [6.07, 6.45) is 3.56. The van der Waals surface area contributed by atoms with Crippen molar-refractivity contribution >= 4 is 23.0 Å². The summed E-state index contributed by atoms with van der Waals surface area (Å²) in [5, 5.41) is 13.4. The lowest BCUT2D eigenvalue weighted by molar-refractivity contribution is 0.0920. The number of benzene rings is 2. The van der Waals surface area contributed by atoms with Gasteiger partial charge in [0.15, 0.2) is 5.78 Å². The van der Waals surface area contributed by atoms with Gasteiger partial charge in [-0.25, -0.2) is 4.98 Å². The summed E-state index contributed by atoms with van der Waals surface area (Å²) in [6, 6.07) is 18.7. The molecule has 6 nitrogen and oxygen atoms in total. The molecule has 32 heavy (non-hydrogen) atoms. The maximum absolute atomic E-state index is 13.1. The Kier molecular flexibility index (Phi) is 5.07. The second kappa shape index (κ2) is 8.05. The van der Waals surface area contributed by atoms with E-state index in [4.69, 9.17) is 0 Å². The number of amides is 1. The van der Waals surface area contributed by atoms with Crippen molar-refractivity contribution in [1.82, 2.24) is 9.38 Å². The third kappa shape index (κ3) is 3.59. The molecular formula is C26H23N3O3. The molecule has 1 aliphatic carbocycles. The number of nitrogens with one attached hydrogen (secondary N) is 1. The molecule has 0 radical (unpaired) electrons. The van der Waals surface area contributed by atoms with Crippen molar-refractivity contribution in [2.24, 2.45) is 0 Å². The quantitative estimate of drug-likeness (QED) is 0.470. The van der Waals surface area contributed by atoms with Crippen LogP contribution in [0.15, 0.2) is 73.1 Å². The van der Waals surface area contributed by atoms with E-state index in [1.54, 1.807) is 22.7 Å². The summed E-state index contributed by atoms with van der Waals surface area (Å²) in [5.41, 5.74) is 5.20. The summed E-state index contributed by atoms with van der Waals surface area (Å²) in [5.74, 6) is -0.566. The van der Waals surface area contributed by atoms with Gasteiger partial charge in [0.05, 0.1) is 12.3 Å². The fourth-order valence-electron chi connectivity index (χ4n) is 4.44. The zero-order chi connectivity index (χ0) is 22.2. The molecule has 1 amide bonds. The Bertz CT molecular complexity index is 1340. The Hall–Kier alpha value is -3.77. The zero-order valence-electron chi connectivity index (χ0n) is 17.7. The lowest BCUT2D eigenvalue weighted by Crippen LogP contribution is -2.18. The van der Waals surface area contributed by atoms with Crippen LogP contribution in [0.4, 0.5) is 5.69 Å². The molecule has 2 aromatic carbocycles. The van der Waals surface area contributed by atoms with Crippen molar-refractivity contribution in [2.75, 3.05) is 5.32 Å². The minimum Gasteiger partial charge on any atom is -0.392 e. The van der Waals surface area contributed by atoms with Gasteiger partial charge in [-0.3, -0.25) is 14.0 Å². The third-order valence-electron chi connectivity index (χ3n) is 6.21. The van der Waals surface area contributed by atoms with Crippen molar-refractivity contribution < 1.29 is 14.7 Å². The Labute approximate surface area is 185 Å². The molecule has 2 aromatic heterocycles. The number of aliphatic hydroxyl groups excluding tert-OH is 1. The largest absolute Gasteiger partial charge is 0.392 e. The number of Topliss-reactive ketones (excluding diaryl/α,β-unsaturated/α-hetero) is 1. The summed E-state index contributed by atoms with van der Waals surface area (Å²) in [6.45, 7) is 1.88. The number of hydrogen-bond donors (Lipinski definition) is 2. The highest BCUT2D eigenvalue weighted by molar-refractivity contribution is 6.05. The average Bonchev–Trinajstić information content (AvgIpc) is 3.36. The topological polar surface area (TPSA) is 83.7 Å². The number of nitrogens with zero attached hydrogens (tertiary/aromatic N) is 2. The Morgan fingerprint density at radius 1 is 1.12 bits per heavy atom. The highest BCUT2D eigenvalue weighted by Gasteiger charge is 2.32. The van der Waals surface area contributed by atoms with Crippen LogP contribution in [0.5, 0.6) is 0 Å². The van der Waals surface area contributed by atoms with Gasteiger partial charge in [0.1, 0.15) is 11.3 Å². The van der Waals surface area contributed by atoms with E-state index in [0.29, 0.717) is 29.0 Å². The molecular weight excluding hydrogens is 402 g/mol. The van der Waals surface area contributed by atoms with Crippen molar-refractivity contribution in [3.63, 3.8) is 0 Å². The zero-order valence-corrected chi connectivity index (χ0v) is 17.7. The van der Waals surface area contributed by atoms with E-state index in [1.165, 1.54) is 6.20 Å². The van der Waals surface area contributed by atoms with Crippen LogP contribution < -0.4 is 5.32 Å². The van der Waals surface area contributed by atoms with Gasteiger partial charge in [0.2, 0.25) is 0 Å². The molecule has 1 aliphatic rings. The maximum Gasteiger partial charge on any atom is 0.274 e. The highest BCUT2D eigenvalue weighted by atomic mass is 16.3. The van der Waals surface area contributed by atoms with Crippen LogP contribution in [-0.4, -0.2) is 32.3 Å². The smallest absolute Gasteiger partial charge is 0.274 e. The van der Waals surface area contributed by atoms with Crippen molar-refractivity contribution in [2.45, 2.75) is 31.8 Å². The number of carbonyl (C=O) groups excluding carboxylic acids is 2. The SMILES string of the molecule is Cc1ccc(C(=O)C[C@@H]2c3ccccc3C[C@@H]2O)cc1NC(=O)c1cnc2ccccn12. The molecule has 2 atom stereocenters. The van der Waals surface area contributed by atoms with Crippen molar-refractivity contribution in [1.29, 1.82) is 0 Å². The molecule has 2 N–H and O–H groups in total. The lowest BCUT2D eigenvalue weighted by atomic mass is 9.91. The van der Waals surface area contributed by atoms with E-state index in [2.05, 4.69) is 10.3 Å². The third-order valence-corrected chi connectivity index (χ3v) is 6.21. The van der Waals surface area contributed by atoms with Gasteiger partial charge in [0.25, 0.3) is 5.91 Å². The molecule has 0 saturated heterocycles. The van der Waals surface area contributed by atoms with Gasteiger partial charge < -0.3 is 10.4 Å². The number of fused-ring (bicyclic) bond motifs is 2. The van der Waals surface area contributed by atoms with E-state index in [9.17, 15) is 14.7 Å². The van der Waals surface area contributed by atoms with Crippen molar-refractivity contribution in [3.8, 4) is 0 Å². The van der Waals surface area contributed by atoms with Gasteiger partial charge in [-0.05, 0) is 48.2 Å². The number of rotatable bonds is 5. The van der Waals surface area contributed by atoms with Crippen LogP contribution in [0.3, 0.4) is 0 Å². The summed E-state index contributed by atoms with van der Waals surface area (Å²) < 4.78 is 1.72. The van der Waals surface area contributed by atoms with Gasteiger partial charge in [-0.2, -0.15) is 0 Å². The molecule has 0 fully saturated rings. The molecule has 160 valence electrons. The van der Waals surface area contributed by atoms with Crippen LogP contribution in [0.1, 0.15) is 49.9 Å². The van der Waals surface area contributed by atoms with Crippen molar-refractivity contribution in [3.05, 3.63) is 101 Å². The normalized spacial score (nSPS) is 17.3. The molecule has 0 saturated carbocycles. The first-order valence-corrected chi connectivity index (χ1v) is 10.6. The van der Waals surface area contributed by atoms with E-state index >= 15 is 0 Å². The number of aryl methyl sites for hydroxylation is 1. The number of pyridine rings is 1. The van der Waals surface area contributed by atoms with Gasteiger partial charge in [0, 0.05) is 29.8 Å². The summed E-state index contributed by atoms with van der Waals surface area (Å²) in [4.78, 5) is 30.2. The molecule has 4 aromatic rings. The Balaban J connectivity index is 1.37. The second-order valence-corrected chi connectivity index (χ2v) is 8.26. The molecule has 0 aliphatic heterocycles. The monoisotopic (exact) mass is 425 g/mol. The molecule has 0 unspecified atom stereocenters. The predicted octanol–water partition coefficient (Wildman–Crippen LogP) is 4.17.